The van der Waals surface area contributed by atoms with Crippen LogP contribution in [0, 0.1) is 12.8 Å². The molecule has 38 heavy (non-hydrogen) atoms. The molecule has 1 fully saturated rings. The maximum absolute atomic E-state index is 14.0. The quantitative estimate of drug-likeness (QED) is 0.400. The minimum absolute atomic E-state index is 0.00955. The minimum atomic E-state index is -4.65. The first-order chi connectivity index (χ1) is 17.9. The van der Waals surface area contributed by atoms with Gasteiger partial charge in [-0.25, -0.2) is 4.68 Å². The van der Waals surface area contributed by atoms with E-state index in [0.29, 0.717) is 24.6 Å². The lowest BCUT2D eigenvalue weighted by molar-refractivity contribution is -0.137. The Morgan fingerprint density at radius 1 is 1.11 bits per heavy atom. The molecule has 0 N–H and O–H groups in total. The second kappa shape index (κ2) is 9.62. The first kappa shape index (κ1) is 26.6. The van der Waals surface area contributed by atoms with Gasteiger partial charge in [0.25, 0.3) is 5.91 Å². The summed E-state index contributed by atoms with van der Waals surface area (Å²) in [6.07, 6.45) is -3.58. The van der Waals surface area contributed by atoms with Crippen LogP contribution in [0.4, 0.5) is 13.2 Å². The Kier molecular flexibility index (Phi) is 6.73. The van der Waals surface area contributed by atoms with E-state index in [0.717, 1.165) is 29.1 Å². The Bertz CT molecular complexity index is 1410. The number of carbonyl (C=O) groups is 1. The molecule has 11 heteroatoms. The summed E-state index contributed by atoms with van der Waals surface area (Å²) < 4.78 is 69.5. The summed E-state index contributed by atoms with van der Waals surface area (Å²) in [5, 5.41) is 4.66. The number of aryl methyl sites for hydroxylation is 1. The maximum atomic E-state index is 14.0. The second-order valence-electron chi connectivity index (χ2n) is 10.2. The Balaban J connectivity index is 1.48. The average molecular weight is 547 g/mol. The highest BCUT2D eigenvalue weighted by Gasteiger charge is 2.49. The average Bonchev–Trinajstić information content (AvgIpc) is 3.39. The van der Waals surface area contributed by atoms with Gasteiger partial charge >= 0.3 is 6.18 Å². The molecule has 3 atom stereocenters. The van der Waals surface area contributed by atoms with Crippen LogP contribution < -0.4 is 0 Å². The van der Waals surface area contributed by atoms with Crippen molar-refractivity contribution in [2.45, 2.75) is 56.8 Å². The fraction of sp³-hybridized carbons (Fsp3) is 0.407. The number of para-hydroxylation sites is 1. The van der Waals surface area contributed by atoms with Gasteiger partial charge in [0.15, 0.2) is 15.3 Å². The molecule has 5 rings (SSSR count). The lowest BCUT2D eigenvalue weighted by Gasteiger charge is -2.41. The van der Waals surface area contributed by atoms with Crippen molar-refractivity contribution in [1.82, 2.24) is 19.0 Å². The molecule has 2 aromatic carbocycles. The Labute approximate surface area is 220 Å². The molecule has 2 aliphatic rings. The smallest absolute Gasteiger partial charge is 0.416 e. The molecular formula is C27H29F3N4O3S. The van der Waals surface area contributed by atoms with Crippen LogP contribution >= 0.6 is 0 Å². The summed E-state index contributed by atoms with van der Waals surface area (Å²) in [5.41, 5.74) is 1.80. The monoisotopic (exact) mass is 546 g/mol. The van der Waals surface area contributed by atoms with Crippen LogP contribution in [0.1, 0.15) is 60.0 Å². The van der Waals surface area contributed by atoms with Crippen LogP contribution in [0.5, 0.6) is 0 Å². The number of sulfonamides is 1. The van der Waals surface area contributed by atoms with Crippen molar-refractivity contribution in [3.63, 3.8) is 0 Å². The molecule has 0 saturated carbocycles. The highest BCUT2D eigenvalue weighted by Crippen LogP contribution is 2.44. The van der Waals surface area contributed by atoms with E-state index in [2.05, 4.69) is 5.10 Å². The first-order valence-corrected chi connectivity index (χ1v) is 14.0. The molecule has 7 nitrogen and oxygen atoms in total. The summed E-state index contributed by atoms with van der Waals surface area (Å²) in [5.74, 6) is -0.186. The fourth-order valence-electron chi connectivity index (χ4n) is 5.64. The number of piperidine rings is 1. The summed E-state index contributed by atoms with van der Waals surface area (Å²) in [4.78, 5) is 15.3. The van der Waals surface area contributed by atoms with Gasteiger partial charge in [-0.05, 0) is 49.9 Å². The van der Waals surface area contributed by atoms with Crippen molar-refractivity contribution in [3.05, 3.63) is 77.1 Å². The van der Waals surface area contributed by atoms with E-state index in [9.17, 15) is 26.7 Å². The van der Waals surface area contributed by atoms with Crippen molar-refractivity contribution in [1.29, 1.82) is 0 Å². The number of hydrogen-bond acceptors (Lipinski definition) is 4. The van der Waals surface area contributed by atoms with Crippen LogP contribution in [0.2, 0.25) is 0 Å². The van der Waals surface area contributed by atoms with E-state index in [-0.39, 0.29) is 31.0 Å². The molecule has 202 valence electrons. The molecule has 1 saturated heterocycles. The fourth-order valence-corrected chi connectivity index (χ4v) is 7.20. The van der Waals surface area contributed by atoms with Crippen molar-refractivity contribution in [3.8, 4) is 5.69 Å². The lowest BCUT2D eigenvalue weighted by atomic mass is 9.94. The number of benzene rings is 2. The first-order valence-electron chi connectivity index (χ1n) is 12.6. The predicted octanol–water partition coefficient (Wildman–Crippen LogP) is 5.42. The molecule has 1 amide bonds. The van der Waals surface area contributed by atoms with Crippen LogP contribution in [-0.2, 0) is 20.8 Å². The highest BCUT2D eigenvalue weighted by molar-refractivity contribution is 7.95. The van der Waals surface area contributed by atoms with Gasteiger partial charge in [-0.15, -0.1) is 4.31 Å². The Hall–Kier alpha value is -3.02. The summed E-state index contributed by atoms with van der Waals surface area (Å²) in [6.45, 7) is 6.08. The van der Waals surface area contributed by atoms with E-state index >= 15 is 0 Å². The number of carbonyl (C=O) groups excluding carboxylic acids is 1. The standard InChI is InChI=1S/C27H29F3N4O3S/c1-17(2)24-23-18(3)31-34(20-10-5-4-6-11-20)25(23)26(35)33(24)21-12-8-14-32(16-21)38(36,37)22-13-7-9-19(15-22)27(28,29)30/h4-7,9-11,13,15,17,21,24H,8,12,14,16H2,1-3H3. The third-order valence-corrected chi connectivity index (χ3v) is 9.18. The summed E-state index contributed by atoms with van der Waals surface area (Å²) >= 11 is 0. The lowest BCUT2D eigenvalue weighted by Crippen LogP contribution is -2.53. The number of hydrogen-bond donors (Lipinski definition) is 0. The van der Waals surface area contributed by atoms with Crippen molar-refractivity contribution in [2.75, 3.05) is 13.1 Å². The van der Waals surface area contributed by atoms with E-state index in [1.54, 1.807) is 9.58 Å². The van der Waals surface area contributed by atoms with Crippen LogP contribution in [0.15, 0.2) is 59.5 Å². The Morgan fingerprint density at radius 2 is 1.82 bits per heavy atom. The van der Waals surface area contributed by atoms with Crippen LogP contribution in [0.25, 0.3) is 5.69 Å². The number of amides is 1. The molecule has 0 aliphatic carbocycles. The SMILES string of the molecule is Cc1nn(-c2ccccc2)c2c1C(C(C)C)N(C1CCCN([S+](=O)([O-])c3cccc(C(F)(F)F)c3)C1)C2=O. The van der Waals surface area contributed by atoms with Crippen molar-refractivity contribution >= 4 is 16.3 Å². The summed E-state index contributed by atoms with van der Waals surface area (Å²) in [7, 11) is -4.20. The number of halogens is 3. The van der Waals surface area contributed by atoms with Gasteiger partial charge < -0.3 is 9.45 Å². The number of rotatable bonds is 5. The van der Waals surface area contributed by atoms with Gasteiger partial charge in [0.1, 0.15) is 5.69 Å². The van der Waals surface area contributed by atoms with Gasteiger partial charge in [-0.3, -0.25) is 4.79 Å². The third kappa shape index (κ3) is 4.46. The van der Waals surface area contributed by atoms with Gasteiger partial charge in [0.2, 0.25) is 0 Å². The molecule has 1 aromatic heterocycles. The zero-order valence-corrected chi connectivity index (χ0v) is 22.1. The molecule has 0 radical (unpaired) electrons. The van der Waals surface area contributed by atoms with Crippen LogP contribution in [-0.4, -0.2) is 48.6 Å². The molecular weight excluding hydrogens is 517 g/mol. The van der Waals surface area contributed by atoms with Gasteiger partial charge in [-0.1, -0.05) is 42.3 Å². The number of fused-ring (bicyclic) bond motifs is 1. The normalized spacial score (nSPS) is 22.1. The summed E-state index contributed by atoms with van der Waals surface area (Å²) in [6, 6.07) is 12.4. The molecule has 3 heterocycles. The molecule has 3 unspecified atom stereocenters. The van der Waals surface area contributed by atoms with E-state index in [1.807, 2.05) is 51.1 Å². The topological polar surface area (TPSA) is 81.5 Å². The third-order valence-electron chi connectivity index (χ3n) is 7.32. The molecule has 0 bridgehead atoms. The molecule has 2 aliphatic heterocycles. The van der Waals surface area contributed by atoms with Gasteiger partial charge in [0.05, 0.1) is 29.5 Å². The number of nitrogens with zero attached hydrogens (tertiary/aromatic N) is 4. The zero-order valence-electron chi connectivity index (χ0n) is 21.3. The second-order valence-corrected chi connectivity index (χ2v) is 12.1. The zero-order chi connectivity index (χ0) is 27.4. The highest BCUT2D eigenvalue weighted by atomic mass is 32.3. The maximum Gasteiger partial charge on any atom is 0.416 e. The van der Waals surface area contributed by atoms with E-state index in [4.69, 9.17) is 0 Å². The molecule has 0 spiro atoms. The van der Waals surface area contributed by atoms with E-state index in [1.165, 1.54) is 10.4 Å². The Morgan fingerprint density at radius 3 is 2.47 bits per heavy atom. The minimum Gasteiger partial charge on any atom is -0.593 e. The number of aromatic nitrogens is 2. The predicted molar refractivity (Wildman–Crippen MR) is 135 cm³/mol. The largest absolute Gasteiger partial charge is 0.593 e. The number of alkyl halides is 3. The molecule has 3 aromatic rings. The van der Waals surface area contributed by atoms with Gasteiger partial charge in [-0.2, -0.15) is 18.3 Å². The van der Waals surface area contributed by atoms with Gasteiger partial charge in [0, 0.05) is 24.2 Å². The van der Waals surface area contributed by atoms with Crippen molar-refractivity contribution < 1.29 is 26.7 Å². The van der Waals surface area contributed by atoms with Crippen LogP contribution in [0.3, 0.4) is 0 Å². The van der Waals surface area contributed by atoms with E-state index < -0.39 is 33.1 Å². The van der Waals surface area contributed by atoms with Crippen molar-refractivity contribution in [2.24, 2.45) is 5.92 Å².